The highest BCUT2D eigenvalue weighted by Crippen LogP contribution is 2.23. The number of nitrogens with two attached hydrogens (primary N) is 1. The minimum Gasteiger partial charge on any atom is -0.355 e. The standard InChI is InChI=1S/C16H24ClN3O/c1-12-4-5-13(15(17)9-12)10-20-8-2-3-14(11-20)16(21)19-7-6-18/h4-5,9,14H,2-3,6-8,10-11,18H2,1H3,(H,19,21). The van der Waals surface area contributed by atoms with Crippen LogP contribution in [0.1, 0.15) is 24.0 Å². The van der Waals surface area contributed by atoms with Gasteiger partial charge in [0.25, 0.3) is 0 Å². The average molecular weight is 310 g/mol. The van der Waals surface area contributed by atoms with Crippen molar-refractivity contribution >= 4 is 17.5 Å². The van der Waals surface area contributed by atoms with E-state index in [1.165, 1.54) is 5.56 Å². The molecule has 0 aromatic heterocycles. The van der Waals surface area contributed by atoms with Crippen molar-refractivity contribution in [1.82, 2.24) is 10.2 Å². The van der Waals surface area contributed by atoms with E-state index in [1.54, 1.807) is 0 Å². The van der Waals surface area contributed by atoms with E-state index in [1.807, 2.05) is 13.0 Å². The molecular formula is C16H24ClN3O. The van der Waals surface area contributed by atoms with E-state index < -0.39 is 0 Å². The molecular weight excluding hydrogens is 286 g/mol. The predicted octanol–water partition coefficient (Wildman–Crippen LogP) is 1.94. The number of halogens is 1. The van der Waals surface area contributed by atoms with Crippen molar-refractivity contribution in [1.29, 1.82) is 0 Å². The number of carbonyl (C=O) groups is 1. The lowest BCUT2D eigenvalue weighted by Crippen LogP contribution is -2.43. The Morgan fingerprint density at radius 3 is 3.05 bits per heavy atom. The summed E-state index contributed by atoms with van der Waals surface area (Å²) in [5, 5.41) is 3.70. The summed E-state index contributed by atoms with van der Waals surface area (Å²) < 4.78 is 0. The highest BCUT2D eigenvalue weighted by atomic mass is 35.5. The first kappa shape index (κ1) is 16.3. The van der Waals surface area contributed by atoms with Gasteiger partial charge >= 0.3 is 0 Å². The Labute approximate surface area is 131 Å². The predicted molar refractivity (Wildman–Crippen MR) is 86.3 cm³/mol. The summed E-state index contributed by atoms with van der Waals surface area (Å²) in [5.41, 5.74) is 7.72. The molecule has 0 bridgehead atoms. The van der Waals surface area contributed by atoms with Gasteiger partial charge in [-0.2, -0.15) is 0 Å². The van der Waals surface area contributed by atoms with Crippen molar-refractivity contribution in [2.45, 2.75) is 26.3 Å². The molecule has 2 rings (SSSR count). The number of hydrogen-bond acceptors (Lipinski definition) is 3. The lowest BCUT2D eigenvalue weighted by molar-refractivity contribution is -0.126. The fraction of sp³-hybridized carbons (Fsp3) is 0.562. The lowest BCUT2D eigenvalue weighted by atomic mass is 9.96. The first-order chi connectivity index (χ1) is 10.1. The molecule has 3 N–H and O–H groups in total. The Morgan fingerprint density at radius 2 is 2.33 bits per heavy atom. The lowest BCUT2D eigenvalue weighted by Gasteiger charge is -2.32. The van der Waals surface area contributed by atoms with E-state index in [2.05, 4.69) is 22.3 Å². The van der Waals surface area contributed by atoms with Gasteiger partial charge in [-0.15, -0.1) is 0 Å². The van der Waals surface area contributed by atoms with Crippen LogP contribution in [-0.4, -0.2) is 37.0 Å². The molecule has 0 spiro atoms. The number of amides is 1. The second kappa shape index (κ2) is 7.78. The zero-order valence-corrected chi connectivity index (χ0v) is 13.3. The summed E-state index contributed by atoms with van der Waals surface area (Å²) in [7, 11) is 0. The van der Waals surface area contributed by atoms with Crippen molar-refractivity contribution in [3.63, 3.8) is 0 Å². The van der Waals surface area contributed by atoms with Crippen LogP contribution < -0.4 is 11.1 Å². The quantitative estimate of drug-likeness (QED) is 0.874. The number of benzene rings is 1. The van der Waals surface area contributed by atoms with Crippen LogP contribution in [0.2, 0.25) is 5.02 Å². The van der Waals surface area contributed by atoms with Gasteiger partial charge in [0.15, 0.2) is 0 Å². The SMILES string of the molecule is Cc1ccc(CN2CCCC(C(=O)NCCN)C2)c(Cl)c1. The maximum Gasteiger partial charge on any atom is 0.224 e. The molecule has 1 fully saturated rings. The molecule has 5 heteroatoms. The van der Waals surface area contributed by atoms with Gasteiger partial charge < -0.3 is 11.1 Å². The number of hydrogen-bond donors (Lipinski definition) is 2. The van der Waals surface area contributed by atoms with Crippen molar-refractivity contribution in [2.75, 3.05) is 26.2 Å². The van der Waals surface area contributed by atoms with Crippen LogP contribution in [0, 0.1) is 12.8 Å². The van der Waals surface area contributed by atoms with E-state index >= 15 is 0 Å². The molecule has 4 nitrogen and oxygen atoms in total. The third kappa shape index (κ3) is 4.70. The number of nitrogens with zero attached hydrogens (tertiary/aromatic N) is 1. The van der Waals surface area contributed by atoms with Crippen LogP contribution in [0.3, 0.4) is 0 Å². The summed E-state index contributed by atoms with van der Waals surface area (Å²) in [5.74, 6) is 0.190. The fourth-order valence-electron chi connectivity index (χ4n) is 2.77. The largest absolute Gasteiger partial charge is 0.355 e. The number of aryl methyl sites for hydroxylation is 1. The van der Waals surface area contributed by atoms with Gasteiger partial charge in [-0.25, -0.2) is 0 Å². The molecule has 0 radical (unpaired) electrons. The van der Waals surface area contributed by atoms with Crippen LogP contribution in [0.25, 0.3) is 0 Å². The summed E-state index contributed by atoms with van der Waals surface area (Å²) in [6.45, 7) is 5.69. The van der Waals surface area contributed by atoms with Crippen LogP contribution in [0.4, 0.5) is 0 Å². The Bertz CT molecular complexity index is 492. The second-order valence-corrected chi connectivity index (χ2v) is 6.16. The van der Waals surface area contributed by atoms with Gasteiger partial charge in [0.05, 0.1) is 5.92 Å². The van der Waals surface area contributed by atoms with E-state index in [0.29, 0.717) is 13.1 Å². The molecule has 21 heavy (non-hydrogen) atoms. The van der Waals surface area contributed by atoms with Gasteiger partial charge in [0.1, 0.15) is 0 Å². The van der Waals surface area contributed by atoms with E-state index in [4.69, 9.17) is 17.3 Å². The summed E-state index contributed by atoms with van der Waals surface area (Å²) >= 11 is 6.30. The van der Waals surface area contributed by atoms with E-state index in [9.17, 15) is 4.79 Å². The van der Waals surface area contributed by atoms with E-state index in [-0.39, 0.29) is 11.8 Å². The Hall–Kier alpha value is -1.10. The minimum atomic E-state index is 0.0644. The second-order valence-electron chi connectivity index (χ2n) is 5.75. The highest BCUT2D eigenvalue weighted by molar-refractivity contribution is 6.31. The van der Waals surface area contributed by atoms with Gasteiger partial charge in [0, 0.05) is 31.2 Å². The van der Waals surface area contributed by atoms with Crippen LogP contribution in [-0.2, 0) is 11.3 Å². The molecule has 1 aromatic carbocycles. The summed E-state index contributed by atoms with van der Waals surface area (Å²) in [6.07, 6.45) is 2.00. The van der Waals surface area contributed by atoms with Gasteiger partial charge in [-0.1, -0.05) is 23.7 Å². The highest BCUT2D eigenvalue weighted by Gasteiger charge is 2.25. The summed E-state index contributed by atoms with van der Waals surface area (Å²) in [6, 6.07) is 6.15. The van der Waals surface area contributed by atoms with Crippen LogP contribution >= 0.6 is 11.6 Å². The molecule has 1 aliphatic heterocycles. The molecule has 1 atom stereocenters. The number of piperidine rings is 1. The Morgan fingerprint density at radius 1 is 1.52 bits per heavy atom. The molecule has 116 valence electrons. The monoisotopic (exact) mass is 309 g/mol. The van der Waals surface area contributed by atoms with E-state index in [0.717, 1.165) is 43.1 Å². The first-order valence-electron chi connectivity index (χ1n) is 7.55. The van der Waals surface area contributed by atoms with Crippen LogP contribution in [0.15, 0.2) is 18.2 Å². The van der Waals surface area contributed by atoms with Crippen LogP contribution in [0.5, 0.6) is 0 Å². The molecule has 1 amide bonds. The number of carbonyl (C=O) groups excluding carboxylic acids is 1. The third-order valence-electron chi connectivity index (χ3n) is 3.92. The maximum atomic E-state index is 12.0. The van der Waals surface area contributed by atoms with Crippen molar-refractivity contribution in [2.24, 2.45) is 11.7 Å². The van der Waals surface area contributed by atoms with Gasteiger partial charge in [-0.3, -0.25) is 9.69 Å². The fourth-order valence-corrected chi connectivity index (χ4v) is 3.07. The molecule has 0 saturated carbocycles. The molecule has 1 aliphatic rings. The Balaban J connectivity index is 1.93. The third-order valence-corrected chi connectivity index (χ3v) is 4.27. The van der Waals surface area contributed by atoms with Gasteiger partial charge in [-0.05, 0) is 43.5 Å². The van der Waals surface area contributed by atoms with Gasteiger partial charge in [0.2, 0.25) is 5.91 Å². The minimum absolute atomic E-state index is 0.0644. The molecule has 1 heterocycles. The topological polar surface area (TPSA) is 58.4 Å². The zero-order chi connectivity index (χ0) is 15.2. The number of likely N-dealkylation sites (tertiary alicyclic amines) is 1. The maximum absolute atomic E-state index is 12.0. The number of nitrogens with one attached hydrogen (secondary N) is 1. The molecule has 1 aromatic rings. The first-order valence-corrected chi connectivity index (χ1v) is 7.93. The average Bonchev–Trinajstić information content (AvgIpc) is 2.48. The molecule has 1 saturated heterocycles. The number of rotatable bonds is 5. The summed E-state index contributed by atoms with van der Waals surface area (Å²) in [4.78, 5) is 14.4. The Kier molecular flexibility index (Phi) is 6.03. The van der Waals surface area contributed by atoms with Crippen molar-refractivity contribution in [3.05, 3.63) is 34.3 Å². The molecule has 0 aliphatic carbocycles. The molecule has 1 unspecified atom stereocenters. The van der Waals surface area contributed by atoms with Crippen molar-refractivity contribution in [3.8, 4) is 0 Å². The van der Waals surface area contributed by atoms with Crippen molar-refractivity contribution < 1.29 is 4.79 Å². The zero-order valence-electron chi connectivity index (χ0n) is 12.6. The smallest absolute Gasteiger partial charge is 0.224 e. The normalized spacial score (nSPS) is 19.5.